The summed E-state index contributed by atoms with van der Waals surface area (Å²) in [5, 5.41) is 2.85. The summed E-state index contributed by atoms with van der Waals surface area (Å²) in [6, 6.07) is 14.3. The fraction of sp³-hybridized carbons (Fsp3) is 0.423. The van der Waals surface area contributed by atoms with Crippen LogP contribution in [0.5, 0.6) is 11.5 Å². The van der Waals surface area contributed by atoms with Crippen molar-refractivity contribution in [1.82, 2.24) is 15.1 Å². The van der Waals surface area contributed by atoms with Gasteiger partial charge in [0.15, 0.2) is 11.5 Å². The second kappa shape index (κ2) is 9.00. The highest BCUT2D eigenvalue weighted by atomic mass is 16.5. The molecule has 0 bridgehead atoms. The van der Waals surface area contributed by atoms with Gasteiger partial charge in [0.25, 0.3) is 5.91 Å². The molecule has 0 saturated carbocycles. The Labute approximate surface area is 198 Å². The molecule has 0 aliphatic carbocycles. The van der Waals surface area contributed by atoms with Crippen LogP contribution in [0.2, 0.25) is 0 Å². The van der Waals surface area contributed by atoms with Crippen molar-refractivity contribution < 1.29 is 23.9 Å². The Hall–Kier alpha value is -3.55. The second-order valence-electron chi connectivity index (χ2n) is 8.95. The number of rotatable bonds is 5. The average Bonchev–Trinajstić information content (AvgIpc) is 3.35. The Morgan fingerprint density at radius 1 is 1.06 bits per heavy atom. The van der Waals surface area contributed by atoms with Crippen LogP contribution in [0.3, 0.4) is 0 Å². The van der Waals surface area contributed by atoms with Gasteiger partial charge in [0.1, 0.15) is 12.1 Å². The lowest BCUT2D eigenvalue weighted by Crippen LogP contribution is -2.45. The second-order valence-corrected chi connectivity index (χ2v) is 8.95. The highest BCUT2D eigenvalue weighted by molar-refractivity contribution is 6.09. The molecule has 3 aliphatic rings. The molecule has 1 N–H and O–H groups in total. The van der Waals surface area contributed by atoms with E-state index in [0.29, 0.717) is 37.7 Å². The molecule has 2 aromatic rings. The lowest BCUT2D eigenvalue weighted by atomic mass is 9.87. The zero-order valence-corrected chi connectivity index (χ0v) is 19.3. The number of hydrogen-bond donors (Lipinski definition) is 1. The van der Waals surface area contributed by atoms with Gasteiger partial charge >= 0.3 is 6.03 Å². The molecule has 2 aromatic carbocycles. The molecule has 2 fully saturated rings. The van der Waals surface area contributed by atoms with E-state index in [9.17, 15) is 14.4 Å². The van der Waals surface area contributed by atoms with Crippen LogP contribution in [-0.2, 0) is 15.1 Å². The summed E-state index contributed by atoms with van der Waals surface area (Å²) in [5.74, 6) is 0.788. The number of amides is 4. The monoisotopic (exact) mass is 463 g/mol. The summed E-state index contributed by atoms with van der Waals surface area (Å²) in [6.45, 7) is 3.38. The normalized spacial score (nSPS) is 24.2. The van der Waals surface area contributed by atoms with Gasteiger partial charge in [-0.3, -0.25) is 14.5 Å². The zero-order chi connectivity index (χ0) is 23.7. The number of fused-ring (bicyclic) bond motifs is 1. The Morgan fingerprint density at radius 2 is 1.82 bits per heavy atom. The molecule has 34 heavy (non-hydrogen) atoms. The molecule has 8 nitrogen and oxygen atoms in total. The minimum absolute atomic E-state index is 0.129. The van der Waals surface area contributed by atoms with Gasteiger partial charge in [-0.25, -0.2) is 4.79 Å². The maximum absolute atomic E-state index is 13.4. The molecule has 2 unspecified atom stereocenters. The van der Waals surface area contributed by atoms with Crippen molar-refractivity contribution in [2.24, 2.45) is 0 Å². The van der Waals surface area contributed by atoms with Crippen LogP contribution >= 0.6 is 0 Å². The standard InChI is InChI=1S/C26H29N3O5/c1-2-26(19-8-4-3-5-9-19)24(31)29(25(32)27-26)17-23(30)28-13-6-10-20(28)18-11-12-21-22(16-18)34-15-7-14-33-21/h3-5,8-9,11-12,16,20H,2,6-7,10,13-15,17H2,1H3,(H,27,32). The maximum Gasteiger partial charge on any atom is 0.325 e. The number of nitrogens with one attached hydrogen (secondary N) is 1. The predicted octanol–water partition coefficient (Wildman–Crippen LogP) is 3.37. The van der Waals surface area contributed by atoms with Crippen molar-refractivity contribution >= 4 is 17.8 Å². The molecule has 2 atom stereocenters. The number of ether oxygens (including phenoxy) is 2. The highest BCUT2D eigenvalue weighted by Crippen LogP contribution is 2.38. The van der Waals surface area contributed by atoms with Crippen LogP contribution in [-0.4, -0.2) is 53.9 Å². The summed E-state index contributed by atoms with van der Waals surface area (Å²) in [5.41, 5.74) is 0.550. The number of urea groups is 1. The minimum Gasteiger partial charge on any atom is -0.490 e. The Bertz CT molecular complexity index is 1100. The van der Waals surface area contributed by atoms with E-state index in [0.717, 1.165) is 35.3 Å². The van der Waals surface area contributed by atoms with Gasteiger partial charge in [0.05, 0.1) is 19.3 Å². The summed E-state index contributed by atoms with van der Waals surface area (Å²) in [6.07, 6.45) is 2.89. The average molecular weight is 464 g/mol. The topological polar surface area (TPSA) is 88.2 Å². The van der Waals surface area contributed by atoms with Gasteiger partial charge in [-0.1, -0.05) is 43.3 Å². The SMILES string of the molecule is CCC1(c2ccccc2)NC(=O)N(CC(=O)N2CCCC2c2ccc3c(c2)OCCCO3)C1=O. The van der Waals surface area contributed by atoms with E-state index in [2.05, 4.69) is 5.32 Å². The first-order valence-electron chi connectivity index (χ1n) is 11.9. The largest absolute Gasteiger partial charge is 0.490 e. The van der Waals surface area contributed by atoms with Gasteiger partial charge in [0, 0.05) is 13.0 Å². The molecular weight excluding hydrogens is 434 g/mol. The zero-order valence-electron chi connectivity index (χ0n) is 19.3. The molecule has 0 radical (unpaired) electrons. The van der Waals surface area contributed by atoms with Crippen LogP contribution in [0.25, 0.3) is 0 Å². The molecular formula is C26H29N3O5. The molecule has 3 heterocycles. The van der Waals surface area contributed by atoms with Crippen molar-refractivity contribution in [2.75, 3.05) is 26.3 Å². The van der Waals surface area contributed by atoms with Gasteiger partial charge < -0.3 is 19.7 Å². The van der Waals surface area contributed by atoms with E-state index in [1.165, 1.54) is 0 Å². The van der Waals surface area contributed by atoms with Gasteiger partial charge in [-0.2, -0.15) is 0 Å². The van der Waals surface area contributed by atoms with E-state index in [-0.39, 0.29) is 24.4 Å². The molecule has 4 amide bonds. The van der Waals surface area contributed by atoms with Crippen molar-refractivity contribution in [3.8, 4) is 11.5 Å². The van der Waals surface area contributed by atoms with E-state index >= 15 is 0 Å². The lowest BCUT2D eigenvalue weighted by Gasteiger charge is -2.28. The fourth-order valence-electron chi connectivity index (χ4n) is 5.16. The predicted molar refractivity (Wildman–Crippen MR) is 124 cm³/mol. The third kappa shape index (κ3) is 3.77. The van der Waals surface area contributed by atoms with E-state index in [1.807, 2.05) is 55.5 Å². The Balaban J connectivity index is 1.34. The fourth-order valence-corrected chi connectivity index (χ4v) is 5.16. The highest BCUT2D eigenvalue weighted by Gasteiger charge is 2.52. The molecule has 0 spiro atoms. The number of carbonyl (C=O) groups excluding carboxylic acids is 3. The van der Waals surface area contributed by atoms with Gasteiger partial charge in [0.2, 0.25) is 5.91 Å². The van der Waals surface area contributed by atoms with Crippen LogP contribution < -0.4 is 14.8 Å². The molecule has 5 rings (SSSR count). The van der Waals surface area contributed by atoms with Crippen molar-refractivity contribution in [3.63, 3.8) is 0 Å². The first kappa shape index (κ1) is 22.3. The number of imide groups is 1. The Morgan fingerprint density at radius 3 is 2.59 bits per heavy atom. The minimum atomic E-state index is -1.14. The van der Waals surface area contributed by atoms with Gasteiger partial charge in [-0.05, 0) is 42.5 Å². The van der Waals surface area contributed by atoms with Crippen LogP contribution in [0.15, 0.2) is 48.5 Å². The third-order valence-electron chi connectivity index (χ3n) is 7.00. The van der Waals surface area contributed by atoms with Crippen LogP contribution in [0.1, 0.15) is 49.8 Å². The summed E-state index contributed by atoms with van der Waals surface area (Å²) < 4.78 is 11.5. The van der Waals surface area contributed by atoms with Crippen molar-refractivity contribution in [1.29, 1.82) is 0 Å². The van der Waals surface area contributed by atoms with Crippen molar-refractivity contribution in [2.45, 2.75) is 44.2 Å². The van der Waals surface area contributed by atoms with E-state index in [4.69, 9.17) is 9.47 Å². The molecule has 2 saturated heterocycles. The summed E-state index contributed by atoms with van der Waals surface area (Å²) >= 11 is 0. The number of likely N-dealkylation sites (tertiary alicyclic amines) is 1. The van der Waals surface area contributed by atoms with Crippen LogP contribution in [0, 0.1) is 0 Å². The maximum atomic E-state index is 13.4. The summed E-state index contributed by atoms with van der Waals surface area (Å²) in [7, 11) is 0. The molecule has 0 aromatic heterocycles. The van der Waals surface area contributed by atoms with Crippen molar-refractivity contribution in [3.05, 3.63) is 59.7 Å². The number of nitrogens with zero attached hydrogens (tertiary/aromatic N) is 2. The van der Waals surface area contributed by atoms with E-state index in [1.54, 1.807) is 4.90 Å². The number of carbonyl (C=O) groups is 3. The molecule has 3 aliphatic heterocycles. The van der Waals surface area contributed by atoms with Crippen LogP contribution in [0.4, 0.5) is 4.79 Å². The third-order valence-corrected chi connectivity index (χ3v) is 7.00. The number of benzene rings is 2. The summed E-state index contributed by atoms with van der Waals surface area (Å²) in [4.78, 5) is 42.4. The number of hydrogen-bond acceptors (Lipinski definition) is 5. The first-order chi connectivity index (χ1) is 16.5. The molecule has 8 heteroatoms. The van der Waals surface area contributed by atoms with Gasteiger partial charge in [-0.15, -0.1) is 0 Å². The lowest BCUT2D eigenvalue weighted by molar-refractivity contribution is -0.139. The smallest absolute Gasteiger partial charge is 0.325 e. The van der Waals surface area contributed by atoms with E-state index < -0.39 is 11.6 Å². The Kier molecular flexibility index (Phi) is 5.89. The molecule has 178 valence electrons. The quantitative estimate of drug-likeness (QED) is 0.687. The first-order valence-corrected chi connectivity index (χ1v) is 11.9.